The Morgan fingerprint density at radius 3 is 2.23 bits per heavy atom. The minimum Gasteiger partial charge on any atom is -0.446 e. The summed E-state index contributed by atoms with van der Waals surface area (Å²) in [6.45, 7) is 7.47. The maximum atomic E-state index is 12.7. The van der Waals surface area contributed by atoms with Gasteiger partial charge >= 0.3 is 6.09 Å². The number of nitrogens with one attached hydrogen (secondary N) is 1. The predicted octanol–water partition coefficient (Wildman–Crippen LogP) is 3.57. The summed E-state index contributed by atoms with van der Waals surface area (Å²) in [7, 11) is 0. The van der Waals surface area contributed by atoms with E-state index in [1.165, 1.54) is 32.1 Å². The first-order chi connectivity index (χ1) is 12.3. The summed E-state index contributed by atoms with van der Waals surface area (Å²) in [5.41, 5.74) is -0.0131. The molecule has 5 nitrogen and oxygen atoms in total. The van der Waals surface area contributed by atoms with E-state index in [-0.39, 0.29) is 29.6 Å². The van der Waals surface area contributed by atoms with E-state index in [1.807, 2.05) is 0 Å². The molecule has 1 aliphatic heterocycles. The van der Waals surface area contributed by atoms with Crippen LogP contribution in [0.5, 0.6) is 0 Å². The van der Waals surface area contributed by atoms with Crippen molar-refractivity contribution in [3.63, 3.8) is 0 Å². The van der Waals surface area contributed by atoms with Crippen LogP contribution < -0.4 is 5.32 Å². The maximum absolute atomic E-state index is 12.7. The fraction of sp³-hybridized carbons (Fsp3) is 0.905. The summed E-state index contributed by atoms with van der Waals surface area (Å²) in [4.78, 5) is 26.6. The Morgan fingerprint density at radius 2 is 1.65 bits per heavy atom. The van der Waals surface area contributed by atoms with Crippen molar-refractivity contribution >= 4 is 12.0 Å². The lowest BCUT2D eigenvalue weighted by molar-refractivity contribution is -0.123. The van der Waals surface area contributed by atoms with E-state index in [0.717, 1.165) is 18.3 Å². The molecule has 2 amide bonds. The number of likely N-dealkylation sites (tertiary alicyclic amines) is 1. The highest BCUT2D eigenvalue weighted by Crippen LogP contribution is 2.54. The summed E-state index contributed by atoms with van der Waals surface area (Å²) < 4.78 is 6.02. The SMILES string of the molecule is CC(C)(C)CC(=O)N[C@@H]1CCN(C(=O)OC2C3CC4CC(C3)CC2C4)C1. The highest BCUT2D eigenvalue weighted by atomic mass is 16.6. The average Bonchev–Trinajstić information content (AvgIpc) is 2.96. The minimum atomic E-state index is -0.157. The molecule has 1 heterocycles. The Labute approximate surface area is 157 Å². The molecular formula is C21H34N2O3. The van der Waals surface area contributed by atoms with Gasteiger partial charge in [0.1, 0.15) is 6.10 Å². The third kappa shape index (κ3) is 3.86. The molecule has 146 valence electrons. The van der Waals surface area contributed by atoms with E-state index in [2.05, 4.69) is 26.1 Å². The molecule has 1 saturated heterocycles. The van der Waals surface area contributed by atoms with Crippen molar-refractivity contribution in [2.24, 2.45) is 29.1 Å². The number of rotatable bonds is 3. The normalized spacial score (nSPS) is 38.5. The molecule has 0 radical (unpaired) electrons. The summed E-state index contributed by atoms with van der Waals surface area (Å²) in [6, 6.07) is 0.0656. The highest BCUT2D eigenvalue weighted by Gasteiger charge is 2.50. The lowest BCUT2D eigenvalue weighted by atomic mass is 9.55. The van der Waals surface area contributed by atoms with Crippen molar-refractivity contribution in [1.82, 2.24) is 10.2 Å². The Balaban J connectivity index is 1.27. The van der Waals surface area contributed by atoms with Gasteiger partial charge in [0, 0.05) is 25.6 Å². The summed E-state index contributed by atoms with van der Waals surface area (Å²) in [5.74, 6) is 3.06. The number of ether oxygens (including phenoxy) is 1. The van der Waals surface area contributed by atoms with Gasteiger partial charge in [-0.2, -0.15) is 0 Å². The molecule has 0 unspecified atom stereocenters. The van der Waals surface area contributed by atoms with Crippen LogP contribution in [0, 0.1) is 29.1 Å². The van der Waals surface area contributed by atoms with Crippen LogP contribution in [0.3, 0.4) is 0 Å². The van der Waals surface area contributed by atoms with Crippen LogP contribution >= 0.6 is 0 Å². The summed E-state index contributed by atoms with van der Waals surface area (Å²) in [6.07, 6.45) is 7.78. The van der Waals surface area contributed by atoms with Crippen LogP contribution in [-0.4, -0.2) is 42.1 Å². The zero-order chi connectivity index (χ0) is 18.5. The van der Waals surface area contributed by atoms with Gasteiger partial charge in [0.05, 0.1) is 0 Å². The molecule has 26 heavy (non-hydrogen) atoms. The number of carbonyl (C=O) groups is 2. The Morgan fingerprint density at radius 1 is 1.04 bits per heavy atom. The van der Waals surface area contributed by atoms with Gasteiger partial charge in [0.2, 0.25) is 5.91 Å². The molecule has 0 aromatic carbocycles. The van der Waals surface area contributed by atoms with Crippen LogP contribution in [0.15, 0.2) is 0 Å². The first kappa shape index (κ1) is 18.1. The molecule has 5 rings (SSSR count). The molecule has 0 aromatic rings. The van der Waals surface area contributed by atoms with Crippen molar-refractivity contribution in [2.45, 2.75) is 77.9 Å². The lowest BCUT2D eigenvalue weighted by Gasteiger charge is -2.53. The number of nitrogens with zero attached hydrogens (tertiary/aromatic N) is 1. The molecular weight excluding hydrogens is 328 g/mol. The standard InChI is InChI=1S/C21H34N2O3/c1-21(2,3)11-18(24)22-17-4-5-23(12-17)20(25)26-19-15-7-13-6-14(9-15)10-16(19)8-13/h13-17,19H,4-12H2,1-3H3,(H,22,24)/t13?,14?,15?,16?,17-,19?/m1/s1. The monoisotopic (exact) mass is 362 g/mol. The largest absolute Gasteiger partial charge is 0.446 e. The molecule has 5 aliphatic rings. The van der Waals surface area contributed by atoms with E-state index < -0.39 is 0 Å². The maximum Gasteiger partial charge on any atom is 0.410 e. The van der Waals surface area contributed by atoms with Gasteiger partial charge in [-0.15, -0.1) is 0 Å². The zero-order valence-electron chi connectivity index (χ0n) is 16.5. The predicted molar refractivity (Wildman–Crippen MR) is 99.5 cm³/mol. The fourth-order valence-corrected chi connectivity index (χ4v) is 6.06. The van der Waals surface area contributed by atoms with E-state index in [0.29, 0.717) is 31.3 Å². The van der Waals surface area contributed by atoms with Crippen LogP contribution in [-0.2, 0) is 9.53 Å². The Kier molecular flexibility index (Phi) is 4.68. The molecule has 1 atom stereocenters. The number of hydrogen-bond donors (Lipinski definition) is 1. The van der Waals surface area contributed by atoms with Gasteiger partial charge in [0.25, 0.3) is 0 Å². The van der Waals surface area contributed by atoms with Gasteiger partial charge in [-0.25, -0.2) is 4.79 Å². The second-order valence-corrected chi connectivity index (χ2v) is 10.5. The average molecular weight is 363 g/mol. The molecule has 4 bridgehead atoms. The van der Waals surface area contributed by atoms with Crippen molar-refractivity contribution in [3.8, 4) is 0 Å². The number of amides is 2. The third-order valence-electron chi connectivity index (χ3n) is 6.88. The topological polar surface area (TPSA) is 58.6 Å². The molecule has 4 saturated carbocycles. The Bertz CT molecular complexity index is 540. The first-order valence-electron chi connectivity index (χ1n) is 10.5. The molecule has 5 fully saturated rings. The van der Waals surface area contributed by atoms with Crippen molar-refractivity contribution in [2.75, 3.05) is 13.1 Å². The molecule has 1 N–H and O–H groups in total. The lowest BCUT2D eigenvalue weighted by Crippen LogP contribution is -2.51. The zero-order valence-corrected chi connectivity index (χ0v) is 16.5. The van der Waals surface area contributed by atoms with Crippen LogP contribution in [0.1, 0.15) is 65.7 Å². The third-order valence-corrected chi connectivity index (χ3v) is 6.88. The fourth-order valence-electron chi connectivity index (χ4n) is 6.06. The second-order valence-electron chi connectivity index (χ2n) is 10.5. The van der Waals surface area contributed by atoms with Gasteiger partial charge in [-0.05, 0) is 67.6 Å². The van der Waals surface area contributed by atoms with E-state index in [1.54, 1.807) is 4.90 Å². The second kappa shape index (κ2) is 6.72. The van der Waals surface area contributed by atoms with Gasteiger partial charge in [-0.3, -0.25) is 4.79 Å². The first-order valence-corrected chi connectivity index (χ1v) is 10.5. The number of hydrogen-bond acceptors (Lipinski definition) is 3. The molecule has 5 heteroatoms. The smallest absolute Gasteiger partial charge is 0.410 e. The van der Waals surface area contributed by atoms with Gasteiger partial charge < -0.3 is 15.0 Å². The minimum absolute atomic E-state index is 0.0131. The van der Waals surface area contributed by atoms with Crippen molar-refractivity contribution < 1.29 is 14.3 Å². The van der Waals surface area contributed by atoms with E-state index in [9.17, 15) is 9.59 Å². The van der Waals surface area contributed by atoms with Crippen molar-refractivity contribution in [3.05, 3.63) is 0 Å². The number of carbonyl (C=O) groups excluding carboxylic acids is 2. The van der Waals surface area contributed by atoms with E-state index >= 15 is 0 Å². The summed E-state index contributed by atoms with van der Waals surface area (Å²) in [5, 5.41) is 3.09. The van der Waals surface area contributed by atoms with Gasteiger partial charge in [0.15, 0.2) is 0 Å². The van der Waals surface area contributed by atoms with Crippen LogP contribution in [0.25, 0.3) is 0 Å². The van der Waals surface area contributed by atoms with Crippen molar-refractivity contribution in [1.29, 1.82) is 0 Å². The molecule has 0 spiro atoms. The van der Waals surface area contributed by atoms with Gasteiger partial charge in [-0.1, -0.05) is 20.8 Å². The highest BCUT2D eigenvalue weighted by molar-refractivity contribution is 5.77. The molecule has 0 aromatic heterocycles. The van der Waals surface area contributed by atoms with Crippen LogP contribution in [0.4, 0.5) is 4.79 Å². The quantitative estimate of drug-likeness (QED) is 0.835. The summed E-state index contributed by atoms with van der Waals surface area (Å²) >= 11 is 0. The molecule has 4 aliphatic carbocycles. The van der Waals surface area contributed by atoms with Crippen LogP contribution in [0.2, 0.25) is 0 Å². The van der Waals surface area contributed by atoms with E-state index in [4.69, 9.17) is 4.74 Å². The Hall–Kier alpha value is -1.26.